The highest BCUT2D eigenvalue weighted by Gasteiger charge is 2.16. The van der Waals surface area contributed by atoms with Crippen LogP contribution in [0.15, 0.2) is 0 Å². The maximum Gasteiger partial charge on any atom is 0.0674 e. The molecule has 0 unspecified atom stereocenters. The molecule has 1 rings (SSSR count). The van der Waals surface area contributed by atoms with Gasteiger partial charge in [-0.25, -0.2) is 0 Å². The molecule has 3 heteroatoms. The van der Waals surface area contributed by atoms with E-state index < -0.39 is 0 Å². The standard InChI is InChI=1S/C12H25NO2/c1-11-10-13(7-9-14-11)6-5-8-15-12(2,3)4/h11H,5-10H2,1-4H3/t11-/m1/s1. The minimum Gasteiger partial charge on any atom is -0.376 e. The fourth-order valence-electron chi connectivity index (χ4n) is 1.76. The third-order valence-electron chi connectivity index (χ3n) is 2.48. The van der Waals surface area contributed by atoms with Crippen LogP contribution >= 0.6 is 0 Å². The van der Waals surface area contributed by atoms with Gasteiger partial charge in [0.05, 0.1) is 18.3 Å². The summed E-state index contributed by atoms with van der Waals surface area (Å²) in [6.45, 7) is 13.4. The van der Waals surface area contributed by atoms with Crippen molar-refractivity contribution in [1.29, 1.82) is 0 Å². The molecule has 3 nitrogen and oxygen atoms in total. The third-order valence-corrected chi connectivity index (χ3v) is 2.48. The molecule has 1 heterocycles. The van der Waals surface area contributed by atoms with E-state index in [2.05, 4.69) is 32.6 Å². The minimum atomic E-state index is -0.00169. The Morgan fingerprint density at radius 1 is 1.40 bits per heavy atom. The summed E-state index contributed by atoms with van der Waals surface area (Å²) in [6, 6.07) is 0. The molecule has 1 aliphatic rings. The summed E-state index contributed by atoms with van der Waals surface area (Å²) < 4.78 is 11.2. The van der Waals surface area contributed by atoms with Crippen LogP contribution in [0.25, 0.3) is 0 Å². The van der Waals surface area contributed by atoms with Crippen LogP contribution in [0.4, 0.5) is 0 Å². The van der Waals surface area contributed by atoms with E-state index in [-0.39, 0.29) is 5.60 Å². The lowest BCUT2D eigenvalue weighted by molar-refractivity contribution is -0.0314. The lowest BCUT2D eigenvalue weighted by Crippen LogP contribution is -2.41. The predicted molar refractivity (Wildman–Crippen MR) is 62.2 cm³/mol. The molecular formula is C12H25NO2. The smallest absolute Gasteiger partial charge is 0.0674 e. The Morgan fingerprint density at radius 3 is 2.73 bits per heavy atom. The summed E-state index contributed by atoms with van der Waals surface area (Å²) in [6.07, 6.45) is 1.51. The van der Waals surface area contributed by atoms with Gasteiger partial charge in [0.25, 0.3) is 0 Å². The zero-order chi connectivity index (χ0) is 11.3. The number of hydrogen-bond acceptors (Lipinski definition) is 3. The van der Waals surface area contributed by atoms with Crippen molar-refractivity contribution in [3.05, 3.63) is 0 Å². The van der Waals surface area contributed by atoms with Gasteiger partial charge in [-0.05, 0) is 34.1 Å². The first-order valence-electron chi connectivity index (χ1n) is 5.95. The summed E-state index contributed by atoms with van der Waals surface area (Å²) in [5.41, 5.74) is -0.00169. The Labute approximate surface area is 93.7 Å². The summed E-state index contributed by atoms with van der Waals surface area (Å²) >= 11 is 0. The van der Waals surface area contributed by atoms with E-state index in [0.29, 0.717) is 6.10 Å². The van der Waals surface area contributed by atoms with Crippen molar-refractivity contribution in [2.75, 3.05) is 32.8 Å². The van der Waals surface area contributed by atoms with Gasteiger partial charge in [0.2, 0.25) is 0 Å². The van der Waals surface area contributed by atoms with Gasteiger partial charge in [0.15, 0.2) is 0 Å². The zero-order valence-corrected chi connectivity index (χ0v) is 10.6. The average Bonchev–Trinajstić information content (AvgIpc) is 2.11. The van der Waals surface area contributed by atoms with E-state index in [1.165, 1.54) is 0 Å². The van der Waals surface area contributed by atoms with Gasteiger partial charge in [-0.3, -0.25) is 4.90 Å². The van der Waals surface area contributed by atoms with E-state index in [1.807, 2.05) is 0 Å². The van der Waals surface area contributed by atoms with Crippen molar-refractivity contribution < 1.29 is 9.47 Å². The molecule has 0 aromatic heterocycles. The molecule has 1 saturated heterocycles. The first-order valence-corrected chi connectivity index (χ1v) is 5.95. The van der Waals surface area contributed by atoms with Crippen molar-refractivity contribution in [1.82, 2.24) is 4.90 Å². The SMILES string of the molecule is C[C@@H]1CN(CCCOC(C)(C)C)CCO1. The van der Waals surface area contributed by atoms with Crippen LogP contribution in [0.3, 0.4) is 0 Å². The summed E-state index contributed by atoms with van der Waals surface area (Å²) in [4.78, 5) is 2.46. The molecule has 0 saturated carbocycles. The molecule has 1 atom stereocenters. The Hall–Kier alpha value is -0.120. The van der Waals surface area contributed by atoms with Gasteiger partial charge in [-0.2, -0.15) is 0 Å². The number of morpholine rings is 1. The fraction of sp³-hybridized carbons (Fsp3) is 1.00. The molecule has 0 aromatic carbocycles. The largest absolute Gasteiger partial charge is 0.376 e. The normalized spacial score (nSPS) is 24.4. The van der Waals surface area contributed by atoms with E-state index in [9.17, 15) is 0 Å². The second-order valence-corrected chi connectivity index (χ2v) is 5.30. The minimum absolute atomic E-state index is 0.00169. The zero-order valence-electron chi connectivity index (χ0n) is 10.6. The van der Waals surface area contributed by atoms with E-state index >= 15 is 0 Å². The van der Waals surface area contributed by atoms with Crippen LogP contribution < -0.4 is 0 Å². The maximum absolute atomic E-state index is 5.69. The Kier molecular flexibility index (Phi) is 5.03. The predicted octanol–water partition coefficient (Wildman–Crippen LogP) is 1.91. The first-order chi connectivity index (χ1) is 6.97. The Balaban J connectivity index is 2.04. The number of hydrogen-bond donors (Lipinski definition) is 0. The van der Waals surface area contributed by atoms with Crippen molar-refractivity contribution >= 4 is 0 Å². The first kappa shape index (κ1) is 12.9. The highest BCUT2D eigenvalue weighted by molar-refractivity contribution is 4.68. The lowest BCUT2D eigenvalue weighted by Gasteiger charge is -2.31. The summed E-state index contributed by atoms with van der Waals surface area (Å²) in [5, 5.41) is 0. The van der Waals surface area contributed by atoms with E-state index in [1.54, 1.807) is 0 Å². The molecule has 0 bridgehead atoms. The molecule has 1 aliphatic heterocycles. The molecule has 0 aliphatic carbocycles. The molecule has 0 spiro atoms. The van der Waals surface area contributed by atoms with E-state index in [4.69, 9.17) is 9.47 Å². The maximum atomic E-state index is 5.69. The molecule has 15 heavy (non-hydrogen) atoms. The van der Waals surface area contributed by atoms with Crippen molar-refractivity contribution in [2.24, 2.45) is 0 Å². The Morgan fingerprint density at radius 2 is 2.13 bits per heavy atom. The summed E-state index contributed by atoms with van der Waals surface area (Å²) in [7, 11) is 0. The van der Waals surface area contributed by atoms with Crippen LogP contribution in [0.5, 0.6) is 0 Å². The van der Waals surface area contributed by atoms with Crippen molar-refractivity contribution in [3.63, 3.8) is 0 Å². The molecule has 90 valence electrons. The molecule has 0 N–H and O–H groups in total. The number of nitrogens with zero attached hydrogens (tertiary/aromatic N) is 1. The van der Waals surface area contributed by atoms with Crippen LogP contribution in [0.1, 0.15) is 34.1 Å². The Bertz CT molecular complexity index is 177. The topological polar surface area (TPSA) is 21.7 Å². The van der Waals surface area contributed by atoms with Gasteiger partial charge < -0.3 is 9.47 Å². The van der Waals surface area contributed by atoms with Gasteiger partial charge in [0.1, 0.15) is 0 Å². The van der Waals surface area contributed by atoms with Crippen molar-refractivity contribution in [3.8, 4) is 0 Å². The second kappa shape index (κ2) is 5.83. The van der Waals surface area contributed by atoms with Gasteiger partial charge in [-0.1, -0.05) is 0 Å². The van der Waals surface area contributed by atoms with Crippen LogP contribution in [-0.4, -0.2) is 49.5 Å². The molecule has 0 aromatic rings. The number of rotatable bonds is 4. The molecule has 0 amide bonds. The highest BCUT2D eigenvalue weighted by atomic mass is 16.5. The summed E-state index contributed by atoms with van der Waals surface area (Å²) in [5.74, 6) is 0. The lowest BCUT2D eigenvalue weighted by atomic mass is 10.2. The van der Waals surface area contributed by atoms with Gasteiger partial charge >= 0.3 is 0 Å². The van der Waals surface area contributed by atoms with Crippen molar-refractivity contribution in [2.45, 2.75) is 45.8 Å². The van der Waals surface area contributed by atoms with Gasteiger partial charge in [0, 0.05) is 26.2 Å². The second-order valence-electron chi connectivity index (χ2n) is 5.30. The van der Waals surface area contributed by atoms with Crippen LogP contribution in [-0.2, 0) is 9.47 Å². The fourth-order valence-corrected chi connectivity index (χ4v) is 1.76. The molecular weight excluding hydrogens is 190 g/mol. The third kappa shape index (κ3) is 6.13. The van der Waals surface area contributed by atoms with E-state index in [0.717, 1.165) is 39.3 Å². The molecule has 1 fully saturated rings. The van der Waals surface area contributed by atoms with Gasteiger partial charge in [-0.15, -0.1) is 0 Å². The number of ether oxygens (including phenoxy) is 2. The average molecular weight is 215 g/mol. The monoisotopic (exact) mass is 215 g/mol. The quantitative estimate of drug-likeness (QED) is 0.669. The van der Waals surface area contributed by atoms with Crippen LogP contribution in [0.2, 0.25) is 0 Å². The van der Waals surface area contributed by atoms with Crippen LogP contribution in [0, 0.1) is 0 Å². The molecule has 0 radical (unpaired) electrons. The highest BCUT2D eigenvalue weighted by Crippen LogP contribution is 2.08.